The highest BCUT2D eigenvalue weighted by Crippen LogP contribution is 2.44. The van der Waals surface area contributed by atoms with Crippen molar-refractivity contribution in [1.82, 2.24) is 0 Å². The molecular formula is C18H26O4. The quantitative estimate of drug-likeness (QED) is 0.750. The Morgan fingerprint density at radius 1 is 1.09 bits per heavy atom. The molecule has 22 heavy (non-hydrogen) atoms. The van der Waals surface area contributed by atoms with Crippen molar-refractivity contribution in [3.05, 3.63) is 35.9 Å². The Balaban J connectivity index is 1.43. The minimum atomic E-state index is -0.673. The number of hydrogen-bond donors (Lipinski definition) is 3. The van der Waals surface area contributed by atoms with Crippen LogP contribution in [-0.2, 0) is 11.2 Å². The number of fused-ring (bicyclic) bond motifs is 1. The second-order valence-corrected chi connectivity index (χ2v) is 6.75. The molecule has 0 amide bonds. The molecule has 3 N–H and O–H groups in total. The highest BCUT2D eigenvalue weighted by atomic mass is 16.6. The van der Waals surface area contributed by atoms with Gasteiger partial charge in [-0.15, -0.1) is 0 Å². The molecule has 6 atom stereocenters. The third kappa shape index (κ3) is 3.69. The fourth-order valence-corrected chi connectivity index (χ4v) is 4.04. The number of aryl methyl sites for hydroxylation is 1. The zero-order valence-corrected chi connectivity index (χ0v) is 12.8. The molecule has 1 aliphatic heterocycles. The zero-order chi connectivity index (χ0) is 15.5. The molecule has 0 spiro atoms. The first-order valence-corrected chi connectivity index (χ1v) is 8.37. The van der Waals surface area contributed by atoms with Gasteiger partial charge in [-0.1, -0.05) is 30.3 Å². The Labute approximate surface area is 131 Å². The monoisotopic (exact) mass is 306 g/mol. The lowest BCUT2D eigenvalue weighted by Gasteiger charge is -2.21. The molecular weight excluding hydrogens is 280 g/mol. The molecule has 1 saturated heterocycles. The Hall–Kier alpha value is -0.940. The standard InChI is InChI=1S/C18H26O4/c19-13(7-6-12-4-2-1-3-5-12)8-9-14-15-10-18(21)22-17(15)11-16(14)20/h1-5,13-21H,6-11H2/t13-,14+,15+,16+,17-,18-/m0/s1. The van der Waals surface area contributed by atoms with Gasteiger partial charge < -0.3 is 20.1 Å². The first-order valence-electron chi connectivity index (χ1n) is 8.37. The van der Waals surface area contributed by atoms with Crippen LogP contribution < -0.4 is 0 Å². The molecule has 0 aromatic heterocycles. The van der Waals surface area contributed by atoms with E-state index in [1.54, 1.807) is 0 Å². The Morgan fingerprint density at radius 2 is 1.86 bits per heavy atom. The molecule has 2 aliphatic rings. The largest absolute Gasteiger partial charge is 0.393 e. The first-order chi connectivity index (χ1) is 10.6. The predicted molar refractivity (Wildman–Crippen MR) is 83.1 cm³/mol. The lowest BCUT2D eigenvalue weighted by Crippen LogP contribution is -2.22. The van der Waals surface area contributed by atoms with Crippen molar-refractivity contribution in [2.75, 3.05) is 0 Å². The van der Waals surface area contributed by atoms with Crippen LogP contribution in [0.15, 0.2) is 30.3 Å². The maximum absolute atomic E-state index is 10.2. The molecule has 0 bridgehead atoms. The van der Waals surface area contributed by atoms with Gasteiger partial charge in [-0.2, -0.15) is 0 Å². The number of ether oxygens (including phenoxy) is 1. The van der Waals surface area contributed by atoms with Crippen LogP contribution in [0.3, 0.4) is 0 Å². The van der Waals surface area contributed by atoms with Crippen LogP contribution in [-0.4, -0.2) is 39.9 Å². The second-order valence-electron chi connectivity index (χ2n) is 6.75. The minimum absolute atomic E-state index is 0.00328. The predicted octanol–water partition coefficient (Wildman–Crippen LogP) is 1.86. The zero-order valence-electron chi connectivity index (χ0n) is 12.8. The molecule has 1 saturated carbocycles. The van der Waals surface area contributed by atoms with Crippen molar-refractivity contribution >= 4 is 0 Å². The highest BCUT2D eigenvalue weighted by Gasteiger charge is 2.48. The number of rotatable bonds is 6. The molecule has 122 valence electrons. The van der Waals surface area contributed by atoms with E-state index < -0.39 is 6.29 Å². The first kappa shape index (κ1) is 15.9. The maximum Gasteiger partial charge on any atom is 0.155 e. The Kier molecular flexibility index (Phi) is 5.14. The summed E-state index contributed by atoms with van der Waals surface area (Å²) in [6, 6.07) is 10.2. The second kappa shape index (κ2) is 7.09. The smallest absolute Gasteiger partial charge is 0.155 e. The van der Waals surface area contributed by atoms with E-state index in [9.17, 15) is 15.3 Å². The molecule has 4 heteroatoms. The molecule has 0 radical (unpaired) electrons. The van der Waals surface area contributed by atoms with Gasteiger partial charge in [0.05, 0.1) is 18.3 Å². The highest BCUT2D eigenvalue weighted by molar-refractivity contribution is 5.14. The van der Waals surface area contributed by atoms with Crippen molar-refractivity contribution in [1.29, 1.82) is 0 Å². The van der Waals surface area contributed by atoms with E-state index in [2.05, 4.69) is 12.1 Å². The van der Waals surface area contributed by atoms with Crippen molar-refractivity contribution < 1.29 is 20.1 Å². The van der Waals surface area contributed by atoms with E-state index in [0.717, 1.165) is 19.3 Å². The topological polar surface area (TPSA) is 69.9 Å². The van der Waals surface area contributed by atoms with Crippen LogP contribution in [0.25, 0.3) is 0 Å². The van der Waals surface area contributed by atoms with Gasteiger partial charge in [-0.3, -0.25) is 0 Å². The summed E-state index contributed by atoms with van der Waals surface area (Å²) in [5, 5.41) is 29.9. The molecule has 3 rings (SSSR count). The van der Waals surface area contributed by atoms with Gasteiger partial charge in [0, 0.05) is 12.8 Å². The summed E-state index contributed by atoms with van der Waals surface area (Å²) in [6.45, 7) is 0. The molecule has 0 unspecified atom stereocenters. The van der Waals surface area contributed by atoms with Gasteiger partial charge >= 0.3 is 0 Å². The van der Waals surface area contributed by atoms with Gasteiger partial charge in [0.2, 0.25) is 0 Å². The average Bonchev–Trinajstić information content (AvgIpc) is 2.99. The molecule has 1 aliphatic carbocycles. The van der Waals surface area contributed by atoms with Crippen molar-refractivity contribution in [2.45, 2.75) is 63.1 Å². The number of benzene rings is 1. The summed E-state index contributed by atoms with van der Waals surface area (Å²) in [5.41, 5.74) is 1.25. The average molecular weight is 306 g/mol. The molecule has 1 heterocycles. The van der Waals surface area contributed by atoms with Gasteiger partial charge in [-0.25, -0.2) is 0 Å². The van der Waals surface area contributed by atoms with Crippen LogP contribution in [0.2, 0.25) is 0 Å². The summed E-state index contributed by atoms with van der Waals surface area (Å²) in [6.07, 6.45) is 3.00. The van der Waals surface area contributed by atoms with E-state index in [1.165, 1.54) is 5.56 Å². The van der Waals surface area contributed by atoms with Crippen molar-refractivity contribution in [2.24, 2.45) is 11.8 Å². The summed E-state index contributed by atoms with van der Waals surface area (Å²) in [7, 11) is 0. The summed E-state index contributed by atoms with van der Waals surface area (Å²) >= 11 is 0. The van der Waals surface area contributed by atoms with Gasteiger partial charge in [0.15, 0.2) is 6.29 Å². The Bertz CT molecular complexity index is 463. The lowest BCUT2D eigenvalue weighted by molar-refractivity contribution is -0.0951. The fraction of sp³-hybridized carbons (Fsp3) is 0.667. The van der Waals surface area contributed by atoms with Gasteiger partial charge in [0.1, 0.15) is 0 Å². The Morgan fingerprint density at radius 3 is 2.64 bits per heavy atom. The minimum Gasteiger partial charge on any atom is -0.393 e. The number of hydrogen-bond acceptors (Lipinski definition) is 4. The lowest BCUT2D eigenvalue weighted by atomic mass is 9.86. The SMILES string of the molecule is O[C@@H](CCc1ccccc1)CC[C@@H]1[C@H]2C[C@@H](O)O[C@H]2C[C@H]1O. The normalized spacial score (nSPS) is 35.5. The van der Waals surface area contributed by atoms with Gasteiger partial charge in [0.25, 0.3) is 0 Å². The maximum atomic E-state index is 10.2. The summed E-state index contributed by atoms with van der Waals surface area (Å²) in [4.78, 5) is 0. The van der Waals surface area contributed by atoms with E-state index in [4.69, 9.17) is 4.74 Å². The van der Waals surface area contributed by atoms with Crippen molar-refractivity contribution in [3.63, 3.8) is 0 Å². The van der Waals surface area contributed by atoms with Crippen LogP contribution >= 0.6 is 0 Å². The molecule has 2 fully saturated rings. The number of aliphatic hydroxyl groups is 3. The molecule has 4 nitrogen and oxygen atoms in total. The van der Waals surface area contributed by atoms with E-state index in [1.807, 2.05) is 18.2 Å². The van der Waals surface area contributed by atoms with Crippen molar-refractivity contribution in [3.8, 4) is 0 Å². The van der Waals surface area contributed by atoms with Crippen LogP contribution in [0, 0.1) is 11.8 Å². The van der Waals surface area contributed by atoms with Crippen LogP contribution in [0.5, 0.6) is 0 Å². The van der Waals surface area contributed by atoms with Crippen LogP contribution in [0.4, 0.5) is 0 Å². The van der Waals surface area contributed by atoms with Gasteiger partial charge in [-0.05, 0) is 43.1 Å². The molecule has 1 aromatic carbocycles. The van der Waals surface area contributed by atoms with Crippen LogP contribution in [0.1, 0.15) is 37.7 Å². The number of aliphatic hydroxyl groups excluding tert-OH is 3. The third-order valence-electron chi connectivity index (χ3n) is 5.24. The summed E-state index contributed by atoms with van der Waals surface area (Å²) < 4.78 is 5.43. The van der Waals surface area contributed by atoms with E-state index in [0.29, 0.717) is 19.3 Å². The molecule has 1 aromatic rings. The third-order valence-corrected chi connectivity index (χ3v) is 5.24. The fourth-order valence-electron chi connectivity index (χ4n) is 4.04. The van der Waals surface area contributed by atoms with E-state index >= 15 is 0 Å². The summed E-state index contributed by atoms with van der Waals surface area (Å²) in [5.74, 6) is 0.389. The van der Waals surface area contributed by atoms with E-state index in [-0.39, 0.29) is 30.1 Å².